The standard InChI is InChI=1S/C20H22ClN3O4/c1-13-7-8-16(14(2)11-13)22-18(25)9-10-19(26)23-24-20(27)12-28-17-6-4-3-5-15(17)21/h3-8,11H,9-10,12H2,1-2H3,(H,22,25)(H,23,26)(H,24,27). The average Bonchev–Trinajstić information content (AvgIpc) is 2.66. The van der Waals surface area contributed by atoms with Crippen LogP contribution in [0.25, 0.3) is 0 Å². The van der Waals surface area contributed by atoms with Crippen LogP contribution in [0, 0.1) is 13.8 Å². The van der Waals surface area contributed by atoms with Gasteiger partial charge in [0.2, 0.25) is 11.8 Å². The van der Waals surface area contributed by atoms with E-state index in [9.17, 15) is 14.4 Å². The first-order valence-electron chi connectivity index (χ1n) is 8.67. The minimum Gasteiger partial charge on any atom is -0.482 e. The lowest BCUT2D eigenvalue weighted by Gasteiger charge is -2.10. The van der Waals surface area contributed by atoms with Crippen LogP contribution >= 0.6 is 11.6 Å². The van der Waals surface area contributed by atoms with Gasteiger partial charge in [-0.05, 0) is 37.6 Å². The summed E-state index contributed by atoms with van der Waals surface area (Å²) in [4.78, 5) is 35.5. The Morgan fingerprint density at radius 3 is 2.32 bits per heavy atom. The van der Waals surface area contributed by atoms with Gasteiger partial charge < -0.3 is 10.1 Å². The van der Waals surface area contributed by atoms with Gasteiger partial charge in [0, 0.05) is 18.5 Å². The molecule has 0 unspecified atom stereocenters. The highest BCUT2D eigenvalue weighted by Crippen LogP contribution is 2.22. The van der Waals surface area contributed by atoms with Gasteiger partial charge in [-0.2, -0.15) is 0 Å². The molecule has 28 heavy (non-hydrogen) atoms. The van der Waals surface area contributed by atoms with Crippen LogP contribution in [0.2, 0.25) is 5.02 Å². The molecule has 0 saturated heterocycles. The Morgan fingerprint density at radius 1 is 0.929 bits per heavy atom. The summed E-state index contributed by atoms with van der Waals surface area (Å²) in [5.74, 6) is -0.945. The molecular weight excluding hydrogens is 382 g/mol. The van der Waals surface area contributed by atoms with E-state index in [1.165, 1.54) is 0 Å². The van der Waals surface area contributed by atoms with Crippen molar-refractivity contribution in [2.45, 2.75) is 26.7 Å². The van der Waals surface area contributed by atoms with Crippen molar-refractivity contribution in [2.75, 3.05) is 11.9 Å². The van der Waals surface area contributed by atoms with E-state index in [4.69, 9.17) is 16.3 Å². The molecule has 7 nitrogen and oxygen atoms in total. The van der Waals surface area contributed by atoms with Gasteiger partial charge >= 0.3 is 0 Å². The van der Waals surface area contributed by atoms with Crippen molar-refractivity contribution in [2.24, 2.45) is 0 Å². The summed E-state index contributed by atoms with van der Waals surface area (Å²) >= 11 is 5.92. The number of ether oxygens (including phenoxy) is 1. The highest BCUT2D eigenvalue weighted by Gasteiger charge is 2.10. The van der Waals surface area contributed by atoms with Gasteiger partial charge in [-0.1, -0.05) is 41.4 Å². The minimum absolute atomic E-state index is 0.00879. The molecular formula is C20H22ClN3O4. The Labute approximate surface area is 168 Å². The Morgan fingerprint density at radius 2 is 1.61 bits per heavy atom. The van der Waals surface area contributed by atoms with E-state index in [1.807, 2.05) is 32.0 Å². The van der Waals surface area contributed by atoms with Crippen molar-refractivity contribution in [3.05, 3.63) is 58.6 Å². The van der Waals surface area contributed by atoms with Crippen molar-refractivity contribution in [1.82, 2.24) is 10.9 Å². The number of hydrogen-bond donors (Lipinski definition) is 3. The van der Waals surface area contributed by atoms with E-state index in [1.54, 1.807) is 24.3 Å². The summed E-state index contributed by atoms with van der Waals surface area (Å²) in [5, 5.41) is 3.15. The number of aryl methyl sites for hydroxylation is 2. The van der Waals surface area contributed by atoms with Crippen LogP contribution in [0.15, 0.2) is 42.5 Å². The molecule has 2 aromatic rings. The molecule has 0 aliphatic heterocycles. The average molecular weight is 404 g/mol. The molecule has 3 amide bonds. The second kappa shape index (κ2) is 10.3. The second-order valence-electron chi connectivity index (χ2n) is 6.18. The molecule has 148 valence electrons. The van der Waals surface area contributed by atoms with Gasteiger partial charge in [0.25, 0.3) is 5.91 Å². The first-order valence-corrected chi connectivity index (χ1v) is 9.05. The van der Waals surface area contributed by atoms with Crippen molar-refractivity contribution in [3.8, 4) is 5.75 Å². The number of hydrogen-bond acceptors (Lipinski definition) is 4. The number of hydrazine groups is 1. The van der Waals surface area contributed by atoms with Crippen LogP contribution < -0.4 is 20.9 Å². The van der Waals surface area contributed by atoms with Gasteiger partial charge in [-0.25, -0.2) is 0 Å². The normalized spacial score (nSPS) is 10.1. The highest BCUT2D eigenvalue weighted by atomic mass is 35.5. The number of carbonyl (C=O) groups excluding carboxylic acids is 3. The molecule has 0 bridgehead atoms. The quantitative estimate of drug-likeness (QED) is 0.619. The first-order chi connectivity index (χ1) is 13.3. The third-order valence-corrected chi connectivity index (χ3v) is 4.08. The number of rotatable bonds is 7. The van der Waals surface area contributed by atoms with E-state index >= 15 is 0 Å². The van der Waals surface area contributed by atoms with Crippen LogP contribution in [0.3, 0.4) is 0 Å². The molecule has 0 spiro atoms. The fourth-order valence-electron chi connectivity index (χ4n) is 2.34. The summed E-state index contributed by atoms with van der Waals surface area (Å²) < 4.78 is 5.26. The summed E-state index contributed by atoms with van der Waals surface area (Å²) in [6.45, 7) is 3.56. The number of amides is 3. The third kappa shape index (κ3) is 6.92. The minimum atomic E-state index is -0.548. The van der Waals surface area contributed by atoms with E-state index in [0.29, 0.717) is 16.5 Å². The number of para-hydroxylation sites is 1. The van der Waals surface area contributed by atoms with Crippen molar-refractivity contribution in [3.63, 3.8) is 0 Å². The molecule has 0 fully saturated rings. The molecule has 0 radical (unpaired) electrons. The molecule has 0 aliphatic rings. The largest absolute Gasteiger partial charge is 0.482 e. The monoisotopic (exact) mass is 403 g/mol. The van der Waals surface area contributed by atoms with Gasteiger partial charge in [0.05, 0.1) is 5.02 Å². The zero-order chi connectivity index (χ0) is 20.5. The maximum atomic E-state index is 12.0. The Kier molecular flexibility index (Phi) is 7.83. The molecule has 0 atom stereocenters. The summed E-state index contributed by atoms with van der Waals surface area (Å²) in [6.07, 6.45) is -0.0759. The fraction of sp³-hybridized carbons (Fsp3) is 0.250. The van der Waals surface area contributed by atoms with E-state index in [2.05, 4.69) is 16.2 Å². The van der Waals surface area contributed by atoms with Gasteiger partial charge in [0.15, 0.2) is 6.61 Å². The number of benzene rings is 2. The van der Waals surface area contributed by atoms with E-state index in [0.717, 1.165) is 11.1 Å². The van der Waals surface area contributed by atoms with E-state index < -0.39 is 11.8 Å². The van der Waals surface area contributed by atoms with Crippen LogP contribution in [0.5, 0.6) is 5.75 Å². The van der Waals surface area contributed by atoms with E-state index in [-0.39, 0.29) is 25.4 Å². The lowest BCUT2D eigenvalue weighted by molar-refractivity contribution is -0.130. The zero-order valence-corrected chi connectivity index (χ0v) is 16.4. The Bertz CT molecular complexity index is 870. The lowest BCUT2D eigenvalue weighted by atomic mass is 10.1. The second-order valence-corrected chi connectivity index (χ2v) is 6.59. The van der Waals surface area contributed by atoms with Gasteiger partial charge in [-0.15, -0.1) is 0 Å². The third-order valence-electron chi connectivity index (χ3n) is 3.77. The summed E-state index contributed by atoms with van der Waals surface area (Å²) in [7, 11) is 0. The maximum absolute atomic E-state index is 12.0. The van der Waals surface area contributed by atoms with Gasteiger partial charge in [-0.3, -0.25) is 25.2 Å². The number of carbonyl (C=O) groups is 3. The molecule has 0 aromatic heterocycles. The number of halogens is 1. The highest BCUT2D eigenvalue weighted by molar-refractivity contribution is 6.32. The first kappa shape index (κ1) is 21.2. The topological polar surface area (TPSA) is 96.5 Å². The lowest BCUT2D eigenvalue weighted by Crippen LogP contribution is -2.44. The predicted octanol–water partition coefficient (Wildman–Crippen LogP) is 2.90. The van der Waals surface area contributed by atoms with Gasteiger partial charge in [0.1, 0.15) is 5.75 Å². The molecule has 2 aromatic carbocycles. The molecule has 8 heteroatoms. The Hall–Kier alpha value is -3.06. The van der Waals surface area contributed by atoms with Crippen molar-refractivity contribution >= 4 is 35.0 Å². The molecule has 0 heterocycles. The summed E-state index contributed by atoms with van der Waals surface area (Å²) in [5.41, 5.74) is 7.22. The predicted molar refractivity (Wildman–Crippen MR) is 107 cm³/mol. The maximum Gasteiger partial charge on any atom is 0.276 e. The number of anilines is 1. The molecule has 0 saturated carbocycles. The SMILES string of the molecule is Cc1ccc(NC(=O)CCC(=O)NNC(=O)COc2ccccc2Cl)c(C)c1. The molecule has 3 N–H and O–H groups in total. The van der Waals surface area contributed by atoms with Crippen molar-refractivity contribution < 1.29 is 19.1 Å². The van der Waals surface area contributed by atoms with Crippen LogP contribution in [-0.2, 0) is 14.4 Å². The van der Waals surface area contributed by atoms with Crippen LogP contribution in [-0.4, -0.2) is 24.3 Å². The van der Waals surface area contributed by atoms with Crippen LogP contribution in [0.1, 0.15) is 24.0 Å². The fourth-order valence-corrected chi connectivity index (χ4v) is 2.53. The zero-order valence-electron chi connectivity index (χ0n) is 15.7. The number of nitrogens with one attached hydrogen (secondary N) is 3. The van der Waals surface area contributed by atoms with Crippen LogP contribution in [0.4, 0.5) is 5.69 Å². The molecule has 0 aliphatic carbocycles. The summed E-state index contributed by atoms with van der Waals surface area (Å²) in [6, 6.07) is 12.4. The molecule has 2 rings (SSSR count). The Balaban J connectivity index is 1.67. The smallest absolute Gasteiger partial charge is 0.276 e. The van der Waals surface area contributed by atoms with Crippen molar-refractivity contribution in [1.29, 1.82) is 0 Å².